The monoisotopic (exact) mass is 599 g/mol. The molecule has 0 saturated carbocycles. The maximum atomic E-state index is 5.21. The summed E-state index contributed by atoms with van der Waals surface area (Å²) in [5, 5.41) is 7.07. The topological polar surface area (TPSA) is 40.1 Å². The van der Waals surface area contributed by atoms with Gasteiger partial charge in [0.2, 0.25) is 0 Å². The van der Waals surface area contributed by atoms with Gasteiger partial charge in [-0.1, -0.05) is 78.9 Å². The standard InChI is InChI=1S/C42H25N5/c1-3-12-26(13-4-1)45-33-18-9-7-16-30(33)37-35(45)24-23-29-28-21-22-31-38(41(28)46(40(29)37)27-14-5-2-6-15-27)39-36(20-11-25-43-39)47-34-19-10-8-17-32(34)44-42(31)47/h1-25H. The van der Waals surface area contributed by atoms with Gasteiger partial charge in [0.05, 0.1) is 44.1 Å². The lowest BCUT2D eigenvalue weighted by Crippen LogP contribution is -1.98. The second kappa shape index (κ2) is 9.05. The Hall–Kier alpha value is -6.46. The molecule has 5 nitrogen and oxygen atoms in total. The van der Waals surface area contributed by atoms with Crippen molar-refractivity contribution in [1.29, 1.82) is 0 Å². The van der Waals surface area contributed by atoms with Crippen LogP contribution in [0, 0.1) is 0 Å². The van der Waals surface area contributed by atoms with Crippen LogP contribution in [0.1, 0.15) is 0 Å². The lowest BCUT2D eigenvalue weighted by molar-refractivity contribution is 1.18. The van der Waals surface area contributed by atoms with Gasteiger partial charge in [-0.3, -0.25) is 9.38 Å². The SMILES string of the molecule is c1ccc(-n2c3ccccc3c3c2ccc2c4ccc5c(c6ncccc6n6c7ccccc7nc56)c4n(-c4ccccc4)c23)cc1. The Kier molecular flexibility index (Phi) is 4.78. The van der Waals surface area contributed by atoms with E-state index in [-0.39, 0.29) is 0 Å². The molecule has 6 aromatic carbocycles. The van der Waals surface area contributed by atoms with Crippen LogP contribution in [0.3, 0.4) is 0 Å². The smallest absolute Gasteiger partial charge is 0.146 e. The molecule has 0 saturated heterocycles. The minimum Gasteiger partial charge on any atom is -0.309 e. The zero-order valence-corrected chi connectivity index (χ0v) is 25.2. The summed E-state index contributed by atoms with van der Waals surface area (Å²) in [6.07, 6.45) is 1.91. The molecule has 0 aliphatic heterocycles. The molecule has 0 spiro atoms. The second-order valence-electron chi connectivity index (χ2n) is 12.2. The largest absolute Gasteiger partial charge is 0.309 e. The first kappa shape index (κ1) is 24.8. The van der Waals surface area contributed by atoms with Crippen LogP contribution >= 0.6 is 0 Å². The van der Waals surface area contributed by atoms with Crippen molar-refractivity contribution in [1.82, 2.24) is 23.5 Å². The molecule has 0 N–H and O–H groups in total. The van der Waals surface area contributed by atoms with Crippen molar-refractivity contribution in [2.75, 3.05) is 0 Å². The Balaban J connectivity index is 1.44. The molecule has 0 aliphatic carbocycles. The lowest BCUT2D eigenvalue weighted by Gasteiger charge is -2.13. The number of aromatic nitrogens is 5. The highest BCUT2D eigenvalue weighted by molar-refractivity contribution is 6.32. The first-order valence-electron chi connectivity index (χ1n) is 15.9. The lowest BCUT2D eigenvalue weighted by atomic mass is 10.0. The molecule has 5 heterocycles. The average Bonchev–Trinajstić information content (AvgIpc) is 3.80. The van der Waals surface area contributed by atoms with Crippen molar-refractivity contribution < 1.29 is 0 Å². The Labute approximate surface area is 268 Å². The number of fused-ring (bicyclic) bond motifs is 16. The summed E-state index contributed by atoms with van der Waals surface area (Å²) in [6, 6.07) is 51.9. The molecule has 0 bridgehead atoms. The molecule has 0 atom stereocenters. The number of para-hydroxylation sites is 5. The van der Waals surface area contributed by atoms with E-state index in [1.165, 1.54) is 38.1 Å². The van der Waals surface area contributed by atoms with Gasteiger partial charge < -0.3 is 9.13 Å². The predicted octanol–water partition coefficient (Wildman–Crippen LogP) is 10.4. The Morgan fingerprint density at radius 1 is 0.404 bits per heavy atom. The van der Waals surface area contributed by atoms with Crippen molar-refractivity contribution in [2.45, 2.75) is 0 Å². The first-order chi connectivity index (χ1) is 23.4. The van der Waals surface area contributed by atoms with E-state index >= 15 is 0 Å². The third-order valence-corrected chi connectivity index (χ3v) is 9.82. The zero-order chi connectivity index (χ0) is 30.6. The van der Waals surface area contributed by atoms with Crippen LogP contribution < -0.4 is 0 Å². The van der Waals surface area contributed by atoms with Gasteiger partial charge in [0.25, 0.3) is 0 Å². The van der Waals surface area contributed by atoms with Gasteiger partial charge in [-0.15, -0.1) is 0 Å². The highest BCUT2D eigenvalue weighted by Crippen LogP contribution is 2.45. The van der Waals surface area contributed by atoms with Crippen molar-refractivity contribution in [3.05, 3.63) is 152 Å². The number of hydrogen-bond donors (Lipinski definition) is 0. The fraction of sp³-hybridized carbons (Fsp3) is 0. The summed E-state index contributed by atoms with van der Waals surface area (Å²) < 4.78 is 7.14. The molecule has 0 unspecified atom stereocenters. The van der Waals surface area contributed by atoms with Gasteiger partial charge >= 0.3 is 0 Å². The van der Waals surface area contributed by atoms with Crippen molar-refractivity contribution in [3.8, 4) is 11.4 Å². The molecule has 5 aromatic heterocycles. The van der Waals surface area contributed by atoms with E-state index in [4.69, 9.17) is 9.97 Å². The third kappa shape index (κ3) is 3.17. The van der Waals surface area contributed by atoms with E-state index in [9.17, 15) is 0 Å². The van der Waals surface area contributed by atoms with E-state index in [2.05, 4.69) is 153 Å². The molecule has 0 fully saturated rings. The van der Waals surface area contributed by atoms with E-state index in [1.54, 1.807) is 0 Å². The van der Waals surface area contributed by atoms with Crippen LogP contribution in [-0.2, 0) is 0 Å². The molecule has 11 aromatic rings. The summed E-state index contributed by atoms with van der Waals surface area (Å²) >= 11 is 0. The van der Waals surface area contributed by atoms with Crippen LogP contribution in [0.25, 0.3) is 93.5 Å². The normalized spacial score (nSPS) is 12.3. The number of nitrogens with zero attached hydrogens (tertiary/aromatic N) is 5. The fourth-order valence-corrected chi connectivity index (χ4v) is 7.98. The molecule has 47 heavy (non-hydrogen) atoms. The van der Waals surface area contributed by atoms with Gasteiger partial charge in [0, 0.05) is 49.9 Å². The summed E-state index contributed by atoms with van der Waals surface area (Å²) in [5.41, 5.74) is 12.0. The Bertz CT molecular complexity index is 3060. The van der Waals surface area contributed by atoms with Crippen molar-refractivity contribution in [3.63, 3.8) is 0 Å². The molecule has 11 rings (SSSR count). The summed E-state index contributed by atoms with van der Waals surface area (Å²) in [4.78, 5) is 10.3. The van der Waals surface area contributed by atoms with Gasteiger partial charge in [-0.25, -0.2) is 4.98 Å². The number of pyridine rings is 2. The number of benzene rings is 6. The Morgan fingerprint density at radius 2 is 1.02 bits per heavy atom. The first-order valence-corrected chi connectivity index (χ1v) is 15.9. The van der Waals surface area contributed by atoms with Gasteiger partial charge in [-0.05, 0) is 66.7 Å². The molecule has 0 aliphatic rings. The number of imidazole rings is 1. The molecule has 5 heteroatoms. The van der Waals surface area contributed by atoms with Gasteiger partial charge in [-0.2, -0.15) is 0 Å². The highest BCUT2D eigenvalue weighted by atomic mass is 15.0. The summed E-state index contributed by atoms with van der Waals surface area (Å²) in [6.45, 7) is 0. The number of hydrogen-bond acceptors (Lipinski definition) is 2. The van der Waals surface area contributed by atoms with Crippen molar-refractivity contribution in [2.24, 2.45) is 0 Å². The van der Waals surface area contributed by atoms with Crippen LogP contribution in [-0.4, -0.2) is 23.5 Å². The van der Waals surface area contributed by atoms with Crippen LogP contribution in [0.4, 0.5) is 0 Å². The average molecular weight is 600 g/mol. The van der Waals surface area contributed by atoms with Crippen LogP contribution in [0.15, 0.2) is 152 Å². The molecule has 0 amide bonds. The summed E-state index contributed by atoms with van der Waals surface area (Å²) in [5.74, 6) is 0. The minimum atomic E-state index is 0.944. The molecule has 218 valence electrons. The maximum absolute atomic E-state index is 5.21. The third-order valence-electron chi connectivity index (χ3n) is 9.82. The molecule has 0 radical (unpaired) electrons. The maximum Gasteiger partial charge on any atom is 0.146 e. The van der Waals surface area contributed by atoms with Crippen LogP contribution in [0.2, 0.25) is 0 Å². The second-order valence-corrected chi connectivity index (χ2v) is 12.2. The number of rotatable bonds is 2. The van der Waals surface area contributed by atoms with E-state index in [0.717, 1.165) is 55.4 Å². The predicted molar refractivity (Wildman–Crippen MR) is 194 cm³/mol. The molecular formula is C42H25N5. The van der Waals surface area contributed by atoms with E-state index in [0.29, 0.717) is 0 Å². The minimum absolute atomic E-state index is 0.944. The quantitative estimate of drug-likeness (QED) is 0.186. The van der Waals surface area contributed by atoms with Gasteiger partial charge in [0.1, 0.15) is 5.65 Å². The summed E-state index contributed by atoms with van der Waals surface area (Å²) in [7, 11) is 0. The molecular weight excluding hydrogens is 574 g/mol. The highest BCUT2D eigenvalue weighted by Gasteiger charge is 2.24. The van der Waals surface area contributed by atoms with E-state index < -0.39 is 0 Å². The Morgan fingerprint density at radius 3 is 1.83 bits per heavy atom. The van der Waals surface area contributed by atoms with E-state index in [1.807, 2.05) is 12.3 Å². The van der Waals surface area contributed by atoms with Gasteiger partial charge in [0.15, 0.2) is 0 Å². The van der Waals surface area contributed by atoms with Crippen molar-refractivity contribution >= 4 is 82.1 Å². The zero-order valence-electron chi connectivity index (χ0n) is 25.2. The fourth-order valence-electron chi connectivity index (χ4n) is 7.98. The van der Waals surface area contributed by atoms with Crippen LogP contribution in [0.5, 0.6) is 0 Å².